The van der Waals surface area contributed by atoms with Crippen LogP contribution in [0.5, 0.6) is 0 Å². The Labute approximate surface area is 146 Å². The topological polar surface area (TPSA) is 111 Å². The first-order valence-electron chi connectivity index (χ1n) is 5.89. The molecule has 0 fully saturated rings. The number of nitrogens with zero attached hydrogens (tertiary/aromatic N) is 2. The number of rotatable bonds is 5. The molecular formula is C12H7BrClN3O5S. The van der Waals surface area contributed by atoms with Crippen LogP contribution in [0.3, 0.4) is 0 Å². The number of carbonyl (C=O) groups is 2. The summed E-state index contributed by atoms with van der Waals surface area (Å²) in [5, 5.41) is 13.8. The molecule has 0 saturated carbocycles. The number of carbonyl (C=O) groups excluding carboxylic acids is 2. The number of nitro benzene ring substituents is 1. The van der Waals surface area contributed by atoms with Crippen LogP contribution in [-0.2, 0) is 9.53 Å². The minimum absolute atomic E-state index is 0.111. The van der Waals surface area contributed by atoms with Gasteiger partial charge in [0.2, 0.25) is 0 Å². The normalized spacial score (nSPS) is 10.2. The Bertz CT molecular complexity index is 782. The molecule has 1 aromatic heterocycles. The summed E-state index contributed by atoms with van der Waals surface area (Å²) in [7, 11) is 0. The number of benzene rings is 1. The van der Waals surface area contributed by atoms with Crippen molar-refractivity contribution in [3.63, 3.8) is 0 Å². The highest BCUT2D eigenvalue weighted by Crippen LogP contribution is 2.24. The zero-order chi connectivity index (χ0) is 17.0. The summed E-state index contributed by atoms with van der Waals surface area (Å²) in [6.07, 6.45) is 1.50. The van der Waals surface area contributed by atoms with Gasteiger partial charge in [-0.2, -0.15) is 0 Å². The van der Waals surface area contributed by atoms with Gasteiger partial charge in [-0.3, -0.25) is 20.2 Å². The molecule has 0 aliphatic carbocycles. The van der Waals surface area contributed by atoms with Gasteiger partial charge >= 0.3 is 5.97 Å². The maximum atomic E-state index is 11.9. The van der Waals surface area contributed by atoms with E-state index in [4.69, 9.17) is 16.3 Å². The Balaban J connectivity index is 1.99. The SMILES string of the molecule is O=C(COC(=O)c1ccc(Cl)cc1[N+](=O)[O-])Nc1ncc(Br)s1. The molecule has 0 radical (unpaired) electrons. The molecule has 11 heteroatoms. The minimum atomic E-state index is -0.996. The fourth-order valence-electron chi connectivity index (χ4n) is 1.50. The van der Waals surface area contributed by atoms with E-state index in [1.165, 1.54) is 29.7 Å². The molecule has 0 aliphatic rings. The number of ether oxygens (including phenoxy) is 1. The number of aromatic nitrogens is 1. The third-order valence-electron chi connectivity index (χ3n) is 2.43. The van der Waals surface area contributed by atoms with Crippen molar-refractivity contribution in [2.45, 2.75) is 0 Å². The molecule has 0 bridgehead atoms. The molecule has 23 heavy (non-hydrogen) atoms. The van der Waals surface area contributed by atoms with Crippen LogP contribution in [0.15, 0.2) is 28.2 Å². The second kappa shape index (κ2) is 7.49. The van der Waals surface area contributed by atoms with Crippen LogP contribution in [-0.4, -0.2) is 28.4 Å². The average molecular weight is 421 g/mol. The Hall–Kier alpha value is -2.04. The summed E-state index contributed by atoms with van der Waals surface area (Å²) in [5.41, 5.74) is -0.782. The van der Waals surface area contributed by atoms with Crippen molar-refractivity contribution in [2.75, 3.05) is 11.9 Å². The lowest BCUT2D eigenvalue weighted by atomic mass is 10.2. The fourth-order valence-corrected chi connectivity index (χ4v) is 2.79. The zero-order valence-corrected chi connectivity index (χ0v) is 14.3. The lowest BCUT2D eigenvalue weighted by Gasteiger charge is -2.05. The molecule has 1 N–H and O–H groups in total. The van der Waals surface area contributed by atoms with Crippen molar-refractivity contribution in [2.24, 2.45) is 0 Å². The summed E-state index contributed by atoms with van der Waals surface area (Å²) in [5.74, 6) is -1.61. The number of hydrogen-bond donors (Lipinski definition) is 1. The van der Waals surface area contributed by atoms with Crippen LogP contribution in [0, 0.1) is 10.1 Å². The molecule has 8 nitrogen and oxygen atoms in total. The maximum absolute atomic E-state index is 11.9. The Morgan fingerprint density at radius 1 is 1.48 bits per heavy atom. The van der Waals surface area contributed by atoms with E-state index in [2.05, 4.69) is 26.2 Å². The summed E-state index contributed by atoms with van der Waals surface area (Å²) in [6.45, 7) is -0.601. The van der Waals surface area contributed by atoms with Gasteiger partial charge in [0, 0.05) is 11.1 Å². The summed E-state index contributed by atoms with van der Waals surface area (Å²) in [6, 6.07) is 3.52. The predicted octanol–water partition coefficient (Wildman–Crippen LogP) is 3.26. The van der Waals surface area contributed by atoms with E-state index in [0.29, 0.717) is 5.13 Å². The Morgan fingerprint density at radius 3 is 2.83 bits per heavy atom. The van der Waals surface area contributed by atoms with Gasteiger partial charge in [-0.1, -0.05) is 22.9 Å². The number of hydrogen-bond acceptors (Lipinski definition) is 7. The van der Waals surface area contributed by atoms with Gasteiger partial charge in [-0.05, 0) is 28.1 Å². The molecule has 0 aliphatic heterocycles. The van der Waals surface area contributed by atoms with Crippen LogP contribution in [0.1, 0.15) is 10.4 Å². The van der Waals surface area contributed by atoms with Gasteiger partial charge in [0.25, 0.3) is 11.6 Å². The number of nitrogens with one attached hydrogen (secondary N) is 1. The van der Waals surface area contributed by atoms with Gasteiger partial charge < -0.3 is 4.74 Å². The average Bonchev–Trinajstić information content (AvgIpc) is 2.89. The molecule has 2 aromatic rings. The molecule has 0 saturated heterocycles. The van der Waals surface area contributed by atoms with Crippen molar-refractivity contribution in [1.29, 1.82) is 0 Å². The number of anilines is 1. The van der Waals surface area contributed by atoms with E-state index in [1.54, 1.807) is 0 Å². The highest BCUT2D eigenvalue weighted by Gasteiger charge is 2.22. The summed E-state index contributed by atoms with van der Waals surface area (Å²) >= 11 is 10.0. The van der Waals surface area contributed by atoms with Crippen molar-refractivity contribution in [1.82, 2.24) is 4.98 Å². The van der Waals surface area contributed by atoms with Crippen LogP contribution in [0.25, 0.3) is 0 Å². The first-order valence-corrected chi connectivity index (χ1v) is 7.88. The Morgan fingerprint density at radius 2 is 2.22 bits per heavy atom. The maximum Gasteiger partial charge on any atom is 0.345 e. The highest BCUT2D eigenvalue weighted by molar-refractivity contribution is 9.11. The standard InChI is InChI=1S/C12H7BrClN3O5S/c13-9-4-15-12(23-9)16-10(18)5-22-11(19)7-2-1-6(14)3-8(7)17(20)21/h1-4H,5H2,(H,15,16,18). The number of halogens is 2. The van der Waals surface area contributed by atoms with Crippen LogP contribution < -0.4 is 5.32 Å². The van der Waals surface area contributed by atoms with E-state index in [9.17, 15) is 19.7 Å². The summed E-state index contributed by atoms with van der Waals surface area (Å²) in [4.78, 5) is 37.5. The molecule has 120 valence electrons. The number of amides is 1. The van der Waals surface area contributed by atoms with Crippen molar-refractivity contribution < 1.29 is 19.2 Å². The number of nitro groups is 1. The van der Waals surface area contributed by atoms with Crippen LogP contribution in [0.4, 0.5) is 10.8 Å². The molecule has 0 unspecified atom stereocenters. The molecule has 1 heterocycles. The Kier molecular flexibility index (Phi) is 5.64. The highest BCUT2D eigenvalue weighted by atomic mass is 79.9. The fraction of sp³-hybridized carbons (Fsp3) is 0.0833. The quantitative estimate of drug-likeness (QED) is 0.451. The van der Waals surface area contributed by atoms with Crippen molar-refractivity contribution in [3.8, 4) is 0 Å². The molecular weight excluding hydrogens is 414 g/mol. The van der Waals surface area contributed by atoms with E-state index in [1.807, 2.05) is 0 Å². The molecule has 0 spiro atoms. The van der Waals surface area contributed by atoms with E-state index in [-0.39, 0.29) is 10.6 Å². The van der Waals surface area contributed by atoms with Gasteiger partial charge in [-0.25, -0.2) is 9.78 Å². The molecule has 1 amide bonds. The van der Waals surface area contributed by atoms with E-state index < -0.39 is 29.1 Å². The lowest BCUT2D eigenvalue weighted by Crippen LogP contribution is -2.21. The van der Waals surface area contributed by atoms with Gasteiger partial charge in [0.1, 0.15) is 5.56 Å². The second-order valence-electron chi connectivity index (χ2n) is 4.01. The summed E-state index contributed by atoms with van der Waals surface area (Å²) < 4.78 is 5.49. The molecule has 1 aromatic carbocycles. The van der Waals surface area contributed by atoms with E-state index in [0.717, 1.165) is 9.85 Å². The minimum Gasteiger partial charge on any atom is -0.452 e. The van der Waals surface area contributed by atoms with Crippen LogP contribution in [0.2, 0.25) is 5.02 Å². The molecule has 0 atom stereocenters. The smallest absolute Gasteiger partial charge is 0.345 e. The van der Waals surface area contributed by atoms with E-state index >= 15 is 0 Å². The first kappa shape index (κ1) is 17.3. The predicted molar refractivity (Wildman–Crippen MR) is 86.8 cm³/mol. The first-order chi connectivity index (χ1) is 10.9. The van der Waals surface area contributed by atoms with Crippen molar-refractivity contribution >= 4 is 61.6 Å². The lowest BCUT2D eigenvalue weighted by molar-refractivity contribution is -0.385. The third kappa shape index (κ3) is 4.71. The van der Waals surface area contributed by atoms with Crippen LogP contribution >= 0.6 is 38.9 Å². The van der Waals surface area contributed by atoms with Gasteiger partial charge in [0.05, 0.1) is 14.9 Å². The third-order valence-corrected chi connectivity index (χ3v) is 4.06. The number of thiazole rings is 1. The molecule has 2 rings (SSSR count). The van der Waals surface area contributed by atoms with Crippen molar-refractivity contribution in [3.05, 3.63) is 48.9 Å². The zero-order valence-electron chi connectivity index (χ0n) is 11.1. The van der Waals surface area contributed by atoms with Gasteiger partial charge in [0.15, 0.2) is 11.7 Å². The largest absolute Gasteiger partial charge is 0.452 e. The van der Waals surface area contributed by atoms with Gasteiger partial charge in [-0.15, -0.1) is 0 Å². The second-order valence-corrected chi connectivity index (χ2v) is 6.86. The number of esters is 1. The monoisotopic (exact) mass is 419 g/mol.